The molecule has 0 saturated carbocycles. The number of carbonyl (C=O) groups excluding carboxylic acids is 1. The van der Waals surface area contributed by atoms with Crippen LogP contribution in [0.1, 0.15) is 70.5 Å². The third-order valence-corrected chi connectivity index (χ3v) is 5.00. The molecule has 5 nitrogen and oxygen atoms in total. The van der Waals surface area contributed by atoms with Gasteiger partial charge in [-0.05, 0) is 32.8 Å². The monoisotopic (exact) mass is 319 g/mol. The molecule has 3 heterocycles. The van der Waals surface area contributed by atoms with Crippen LogP contribution in [-0.4, -0.2) is 27.5 Å². The van der Waals surface area contributed by atoms with Gasteiger partial charge in [-0.2, -0.15) is 4.98 Å². The summed E-state index contributed by atoms with van der Waals surface area (Å²) in [6.07, 6.45) is 1.87. The molecule has 6 heteroatoms. The van der Waals surface area contributed by atoms with E-state index in [1.165, 1.54) is 4.88 Å². The second-order valence-electron chi connectivity index (χ2n) is 6.13. The molecular formula is C16H21N3O2S. The first-order valence-corrected chi connectivity index (χ1v) is 8.50. The number of nitrogens with zero attached hydrogens (tertiary/aromatic N) is 3. The van der Waals surface area contributed by atoms with E-state index in [2.05, 4.69) is 10.1 Å². The Balaban J connectivity index is 1.86. The summed E-state index contributed by atoms with van der Waals surface area (Å²) in [5, 5.41) is 4.10. The fourth-order valence-electron chi connectivity index (χ4n) is 2.89. The number of rotatable bonds is 3. The number of aromatic nitrogens is 2. The van der Waals surface area contributed by atoms with E-state index in [0.717, 1.165) is 29.8 Å². The van der Waals surface area contributed by atoms with Crippen molar-refractivity contribution in [3.8, 4) is 0 Å². The van der Waals surface area contributed by atoms with Crippen LogP contribution in [0, 0.1) is 13.8 Å². The Morgan fingerprint density at radius 3 is 2.82 bits per heavy atom. The van der Waals surface area contributed by atoms with Crippen molar-refractivity contribution in [2.75, 3.05) is 6.54 Å². The lowest BCUT2D eigenvalue weighted by Crippen LogP contribution is -2.31. The molecule has 0 spiro atoms. The highest BCUT2D eigenvalue weighted by atomic mass is 32.1. The van der Waals surface area contributed by atoms with E-state index >= 15 is 0 Å². The lowest BCUT2D eigenvalue weighted by atomic mass is 10.1. The molecular weight excluding hydrogens is 298 g/mol. The van der Waals surface area contributed by atoms with E-state index in [4.69, 9.17) is 4.52 Å². The molecule has 1 atom stereocenters. The minimum Gasteiger partial charge on any atom is -0.339 e. The maximum absolute atomic E-state index is 12.9. The maximum Gasteiger partial charge on any atom is 0.255 e. The van der Waals surface area contributed by atoms with Gasteiger partial charge in [-0.15, -0.1) is 11.3 Å². The molecule has 1 amide bonds. The summed E-state index contributed by atoms with van der Waals surface area (Å²) < 4.78 is 5.30. The number of thiophene rings is 1. The van der Waals surface area contributed by atoms with Crippen molar-refractivity contribution in [3.63, 3.8) is 0 Å². The van der Waals surface area contributed by atoms with Gasteiger partial charge in [-0.3, -0.25) is 4.79 Å². The van der Waals surface area contributed by atoms with Crippen LogP contribution in [0.25, 0.3) is 0 Å². The Morgan fingerprint density at radius 2 is 2.23 bits per heavy atom. The van der Waals surface area contributed by atoms with Crippen LogP contribution in [0.15, 0.2) is 10.6 Å². The average molecular weight is 319 g/mol. The molecule has 22 heavy (non-hydrogen) atoms. The van der Waals surface area contributed by atoms with Crippen molar-refractivity contribution >= 4 is 17.2 Å². The molecule has 0 bridgehead atoms. The number of aryl methyl sites for hydroxylation is 2. The van der Waals surface area contributed by atoms with Gasteiger partial charge in [0.1, 0.15) is 0 Å². The Hall–Kier alpha value is -1.69. The van der Waals surface area contributed by atoms with Crippen molar-refractivity contribution in [3.05, 3.63) is 33.1 Å². The molecule has 0 unspecified atom stereocenters. The zero-order chi connectivity index (χ0) is 15.9. The first-order valence-electron chi connectivity index (χ1n) is 7.69. The van der Waals surface area contributed by atoms with Gasteiger partial charge in [0, 0.05) is 22.2 Å². The standard InChI is InChI=1S/C16H21N3O2S/c1-9(2)15-17-14(18-21-15)13-6-5-7-19(13)16(20)12-8-10(3)22-11(12)4/h8-9,13H,5-7H2,1-4H3/t13-/m0/s1. The topological polar surface area (TPSA) is 59.2 Å². The molecule has 1 aliphatic rings. The van der Waals surface area contributed by atoms with Gasteiger partial charge >= 0.3 is 0 Å². The first-order chi connectivity index (χ1) is 10.5. The Kier molecular flexibility index (Phi) is 4.04. The lowest BCUT2D eigenvalue weighted by molar-refractivity contribution is 0.0728. The summed E-state index contributed by atoms with van der Waals surface area (Å²) in [6.45, 7) is 8.83. The molecule has 0 N–H and O–H groups in total. The Bertz CT molecular complexity index is 689. The van der Waals surface area contributed by atoms with Crippen molar-refractivity contribution < 1.29 is 9.32 Å². The van der Waals surface area contributed by atoms with Gasteiger partial charge in [0.2, 0.25) is 5.89 Å². The molecule has 0 aromatic carbocycles. The summed E-state index contributed by atoms with van der Waals surface area (Å²) in [5.41, 5.74) is 0.807. The van der Waals surface area contributed by atoms with Crippen LogP contribution in [0.3, 0.4) is 0 Å². The predicted molar refractivity (Wildman–Crippen MR) is 85.2 cm³/mol. The predicted octanol–water partition coefficient (Wildman–Crippen LogP) is 3.85. The van der Waals surface area contributed by atoms with Gasteiger partial charge in [0.25, 0.3) is 5.91 Å². The van der Waals surface area contributed by atoms with Crippen LogP contribution < -0.4 is 0 Å². The lowest BCUT2D eigenvalue weighted by Gasteiger charge is -2.22. The number of hydrogen-bond acceptors (Lipinski definition) is 5. The zero-order valence-corrected chi connectivity index (χ0v) is 14.2. The van der Waals surface area contributed by atoms with Gasteiger partial charge in [0.05, 0.1) is 11.6 Å². The molecule has 0 aliphatic carbocycles. The highest BCUT2D eigenvalue weighted by molar-refractivity contribution is 7.12. The Morgan fingerprint density at radius 1 is 1.45 bits per heavy atom. The van der Waals surface area contributed by atoms with E-state index < -0.39 is 0 Å². The van der Waals surface area contributed by atoms with Crippen LogP contribution in [0.2, 0.25) is 0 Å². The fraction of sp³-hybridized carbons (Fsp3) is 0.562. The van der Waals surface area contributed by atoms with Crippen LogP contribution in [0.4, 0.5) is 0 Å². The summed E-state index contributed by atoms with van der Waals surface area (Å²) in [6, 6.07) is 1.91. The third-order valence-electron chi connectivity index (χ3n) is 4.03. The molecule has 0 radical (unpaired) electrons. The smallest absolute Gasteiger partial charge is 0.255 e. The largest absolute Gasteiger partial charge is 0.339 e. The van der Waals surface area contributed by atoms with Gasteiger partial charge in [-0.25, -0.2) is 0 Å². The second kappa shape index (κ2) is 5.83. The molecule has 1 aliphatic heterocycles. The molecule has 3 rings (SSSR count). The van der Waals surface area contributed by atoms with Crippen molar-refractivity contribution in [1.29, 1.82) is 0 Å². The quantitative estimate of drug-likeness (QED) is 0.862. The number of amides is 1. The number of carbonyl (C=O) groups is 1. The minimum atomic E-state index is -0.0663. The highest BCUT2D eigenvalue weighted by Gasteiger charge is 2.34. The van der Waals surface area contributed by atoms with E-state index in [1.807, 2.05) is 38.7 Å². The summed E-state index contributed by atoms with van der Waals surface area (Å²) >= 11 is 1.66. The van der Waals surface area contributed by atoms with Crippen LogP contribution in [-0.2, 0) is 0 Å². The van der Waals surface area contributed by atoms with Crippen molar-refractivity contribution in [2.45, 2.75) is 52.5 Å². The number of likely N-dealkylation sites (tertiary alicyclic amines) is 1. The van der Waals surface area contributed by atoms with Crippen molar-refractivity contribution in [1.82, 2.24) is 15.0 Å². The van der Waals surface area contributed by atoms with E-state index in [9.17, 15) is 4.79 Å². The SMILES string of the molecule is Cc1cc(C(=O)N2CCC[C@H]2c2noc(C(C)C)n2)c(C)s1. The van der Waals surface area contributed by atoms with E-state index in [0.29, 0.717) is 11.7 Å². The summed E-state index contributed by atoms with van der Waals surface area (Å²) in [5.74, 6) is 1.56. The molecule has 2 aromatic rings. The van der Waals surface area contributed by atoms with E-state index in [-0.39, 0.29) is 17.9 Å². The van der Waals surface area contributed by atoms with Crippen LogP contribution >= 0.6 is 11.3 Å². The average Bonchev–Trinajstić information content (AvgIpc) is 3.15. The highest BCUT2D eigenvalue weighted by Crippen LogP contribution is 2.33. The first kappa shape index (κ1) is 15.2. The van der Waals surface area contributed by atoms with Gasteiger partial charge < -0.3 is 9.42 Å². The van der Waals surface area contributed by atoms with E-state index in [1.54, 1.807) is 11.3 Å². The molecule has 2 aromatic heterocycles. The molecule has 118 valence electrons. The summed E-state index contributed by atoms with van der Waals surface area (Å²) in [7, 11) is 0. The second-order valence-corrected chi connectivity index (χ2v) is 7.59. The molecule has 1 saturated heterocycles. The van der Waals surface area contributed by atoms with Crippen molar-refractivity contribution in [2.24, 2.45) is 0 Å². The maximum atomic E-state index is 12.9. The zero-order valence-electron chi connectivity index (χ0n) is 13.4. The van der Waals surface area contributed by atoms with Crippen LogP contribution in [0.5, 0.6) is 0 Å². The van der Waals surface area contributed by atoms with Gasteiger partial charge in [-0.1, -0.05) is 19.0 Å². The normalized spacial score (nSPS) is 18.4. The number of hydrogen-bond donors (Lipinski definition) is 0. The molecule has 1 fully saturated rings. The third kappa shape index (κ3) is 2.67. The van der Waals surface area contributed by atoms with Gasteiger partial charge in [0.15, 0.2) is 5.82 Å². The Labute approximate surface area is 134 Å². The fourth-order valence-corrected chi connectivity index (χ4v) is 3.81. The summed E-state index contributed by atoms with van der Waals surface area (Å²) in [4.78, 5) is 21.5. The minimum absolute atomic E-state index is 0.0663.